The normalized spacial score (nSPS) is 14.4. The quantitative estimate of drug-likeness (QED) is 0.342. The van der Waals surface area contributed by atoms with E-state index in [1.807, 2.05) is 24.3 Å². The average molecular weight is 449 g/mol. The molecular formula is C24H25ClN6O. The van der Waals surface area contributed by atoms with Crippen molar-refractivity contribution < 1.29 is 4.42 Å². The van der Waals surface area contributed by atoms with E-state index in [4.69, 9.17) is 26.8 Å². The summed E-state index contributed by atoms with van der Waals surface area (Å²) in [5.41, 5.74) is 5.04. The summed E-state index contributed by atoms with van der Waals surface area (Å²) in [4.78, 5) is 6.82. The molecule has 3 aromatic heterocycles. The van der Waals surface area contributed by atoms with Gasteiger partial charge in [0.2, 0.25) is 5.89 Å². The van der Waals surface area contributed by atoms with Gasteiger partial charge >= 0.3 is 0 Å². The van der Waals surface area contributed by atoms with E-state index in [1.165, 1.54) is 18.4 Å². The first kappa shape index (κ1) is 20.7. The van der Waals surface area contributed by atoms with Crippen LogP contribution in [0.3, 0.4) is 0 Å². The lowest BCUT2D eigenvalue weighted by Crippen LogP contribution is -2.24. The van der Waals surface area contributed by atoms with Crippen molar-refractivity contribution in [3.05, 3.63) is 70.5 Å². The summed E-state index contributed by atoms with van der Waals surface area (Å²) in [6, 6.07) is 11.8. The molecule has 2 N–H and O–H groups in total. The maximum atomic E-state index is 8.27. The highest BCUT2D eigenvalue weighted by molar-refractivity contribution is 6.30. The molecule has 0 saturated carbocycles. The molecule has 0 unspecified atom stereocenters. The van der Waals surface area contributed by atoms with Crippen molar-refractivity contribution in [2.24, 2.45) is 0 Å². The van der Waals surface area contributed by atoms with Crippen LogP contribution in [-0.2, 0) is 13.1 Å². The molecule has 0 bridgehead atoms. The standard InChI is InChI=1S/C24H25ClN6O/c1-16(26)31-21-13-22(24-28-6-9-32-24)30(20(21)4-5-23(31)27)15-18-10-17(11-19(25)12-18)14-29-7-2-3-8-29/h4-6,9-13,26-27H,2-3,7-8,14-15H2,1H3. The molecule has 0 radical (unpaired) electrons. The van der Waals surface area contributed by atoms with Crippen LogP contribution < -0.4 is 5.49 Å². The van der Waals surface area contributed by atoms with Gasteiger partial charge in [-0.15, -0.1) is 0 Å². The van der Waals surface area contributed by atoms with Gasteiger partial charge in [-0.3, -0.25) is 20.3 Å². The molecule has 1 aliphatic rings. The Labute approximate surface area is 190 Å². The first-order valence-electron chi connectivity index (χ1n) is 10.8. The molecule has 1 fully saturated rings. The largest absolute Gasteiger partial charge is 0.443 e. The van der Waals surface area contributed by atoms with Gasteiger partial charge in [-0.2, -0.15) is 0 Å². The van der Waals surface area contributed by atoms with Crippen LogP contribution in [0.1, 0.15) is 30.9 Å². The number of nitrogens with zero attached hydrogens (tertiary/aromatic N) is 4. The summed E-state index contributed by atoms with van der Waals surface area (Å²) in [5, 5.41) is 17.2. The number of rotatable bonds is 5. The van der Waals surface area contributed by atoms with E-state index in [0.29, 0.717) is 12.4 Å². The van der Waals surface area contributed by atoms with Crippen LogP contribution >= 0.6 is 11.6 Å². The van der Waals surface area contributed by atoms with Crippen LogP contribution in [-0.4, -0.2) is 37.9 Å². The zero-order valence-corrected chi connectivity index (χ0v) is 18.7. The van der Waals surface area contributed by atoms with Crippen LogP contribution in [0.25, 0.3) is 22.6 Å². The van der Waals surface area contributed by atoms with Crippen molar-refractivity contribution in [2.75, 3.05) is 13.1 Å². The number of likely N-dealkylation sites (tertiary alicyclic amines) is 1. The summed E-state index contributed by atoms with van der Waals surface area (Å²) >= 11 is 6.51. The smallest absolute Gasteiger partial charge is 0.243 e. The highest BCUT2D eigenvalue weighted by Gasteiger charge is 2.18. The van der Waals surface area contributed by atoms with Gasteiger partial charge in [0.05, 0.1) is 17.2 Å². The maximum absolute atomic E-state index is 8.27. The van der Waals surface area contributed by atoms with E-state index in [1.54, 1.807) is 30.0 Å². The lowest BCUT2D eigenvalue weighted by Gasteiger charge is -2.16. The molecular weight excluding hydrogens is 424 g/mol. The van der Waals surface area contributed by atoms with Crippen molar-refractivity contribution in [3.63, 3.8) is 0 Å². The van der Waals surface area contributed by atoms with E-state index < -0.39 is 0 Å². The molecule has 0 amide bonds. The molecule has 32 heavy (non-hydrogen) atoms. The molecule has 1 aromatic carbocycles. The first-order valence-corrected chi connectivity index (χ1v) is 11.1. The monoisotopic (exact) mass is 448 g/mol. The van der Waals surface area contributed by atoms with Crippen LogP contribution in [0.4, 0.5) is 0 Å². The summed E-state index contributed by atoms with van der Waals surface area (Å²) in [5.74, 6) is 0.786. The number of hydrogen-bond donors (Lipinski definition) is 2. The van der Waals surface area contributed by atoms with Gasteiger partial charge in [0.15, 0.2) is 0 Å². The number of fused-ring (bicyclic) bond motifs is 1. The third kappa shape index (κ3) is 3.89. The molecule has 1 saturated heterocycles. The number of halogens is 1. The molecule has 1 aliphatic heterocycles. The Hall–Kier alpha value is -3.16. The number of benzene rings is 1. The predicted octanol–water partition coefficient (Wildman–Crippen LogP) is 4.72. The van der Waals surface area contributed by atoms with Gasteiger partial charge in [-0.1, -0.05) is 17.7 Å². The molecule has 5 rings (SSSR count). The fraction of sp³-hybridized carbons (Fsp3) is 0.292. The summed E-state index contributed by atoms with van der Waals surface area (Å²) in [6.07, 6.45) is 5.69. The van der Waals surface area contributed by atoms with E-state index in [0.717, 1.165) is 46.9 Å². The molecule has 0 aliphatic carbocycles. The van der Waals surface area contributed by atoms with Crippen molar-refractivity contribution in [1.82, 2.24) is 19.0 Å². The van der Waals surface area contributed by atoms with Gasteiger partial charge < -0.3 is 8.98 Å². The van der Waals surface area contributed by atoms with Gasteiger partial charge in [0.1, 0.15) is 23.3 Å². The number of oxazole rings is 1. The Morgan fingerprint density at radius 2 is 1.81 bits per heavy atom. The summed E-state index contributed by atoms with van der Waals surface area (Å²) in [6.45, 7) is 5.43. The van der Waals surface area contributed by atoms with E-state index in [9.17, 15) is 0 Å². The van der Waals surface area contributed by atoms with Gasteiger partial charge in [-0.05, 0) is 74.3 Å². The number of hydrogen-bond acceptors (Lipinski definition) is 5. The second-order valence-electron chi connectivity index (χ2n) is 8.31. The lowest BCUT2D eigenvalue weighted by molar-refractivity contribution is 0.331. The molecule has 0 spiro atoms. The fourth-order valence-electron chi connectivity index (χ4n) is 4.61. The number of nitrogens with one attached hydrogen (secondary N) is 2. The molecule has 0 atom stereocenters. The Kier molecular flexibility index (Phi) is 5.45. The lowest BCUT2D eigenvalue weighted by atomic mass is 10.1. The number of aromatic nitrogens is 3. The third-order valence-electron chi connectivity index (χ3n) is 5.95. The van der Waals surface area contributed by atoms with Crippen molar-refractivity contribution in [1.29, 1.82) is 10.8 Å². The highest BCUT2D eigenvalue weighted by atomic mass is 35.5. The Morgan fingerprint density at radius 1 is 1.06 bits per heavy atom. The minimum Gasteiger partial charge on any atom is -0.443 e. The fourth-order valence-corrected chi connectivity index (χ4v) is 4.89. The van der Waals surface area contributed by atoms with Crippen molar-refractivity contribution in [3.8, 4) is 11.6 Å². The van der Waals surface area contributed by atoms with Gasteiger partial charge in [0, 0.05) is 18.1 Å². The zero-order valence-electron chi connectivity index (χ0n) is 17.9. The molecule has 164 valence electrons. The van der Waals surface area contributed by atoms with E-state index >= 15 is 0 Å². The molecule has 4 aromatic rings. The van der Waals surface area contributed by atoms with Gasteiger partial charge in [-0.25, -0.2) is 4.98 Å². The van der Waals surface area contributed by atoms with E-state index in [2.05, 4.69) is 20.5 Å². The van der Waals surface area contributed by atoms with Crippen LogP contribution in [0.15, 0.2) is 53.3 Å². The highest BCUT2D eigenvalue weighted by Crippen LogP contribution is 2.29. The molecule has 8 heteroatoms. The van der Waals surface area contributed by atoms with E-state index in [-0.39, 0.29) is 11.3 Å². The SMILES string of the molecule is CC(=N)n1c(=N)ccc2c1cc(-c1ncco1)n2Cc1cc(Cl)cc(CN2CCCC2)c1. The topological polar surface area (TPSA) is 86.8 Å². The molecule has 7 nitrogen and oxygen atoms in total. The van der Waals surface area contributed by atoms with Crippen LogP contribution in [0.2, 0.25) is 5.02 Å². The summed E-state index contributed by atoms with van der Waals surface area (Å²) in [7, 11) is 0. The van der Waals surface area contributed by atoms with Gasteiger partial charge in [0.25, 0.3) is 0 Å². The van der Waals surface area contributed by atoms with Crippen molar-refractivity contribution in [2.45, 2.75) is 32.9 Å². The first-order chi connectivity index (χ1) is 15.5. The second-order valence-corrected chi connectivity index (χ2v) is 8.75. The second kappa shape index (κ2) is 8.41. The minimum atomic E-state index is 0.261. The van der Waals surface area contributed by atoms with Crippen LogP contribution in [0.5, 0.6) is 0 Å². The maximum Gasteiger partial charge on any atom is 0.243 e. The Morgan fingerprint density at radius 3 is 2.50 bits per heavy atom. The molecule has 4 heterocycles. The predicted molar refractivity (Wildman–Crippen MR) is 125 cm³/mol. The summed E-state index contributed by atoms with van der Waals surface area (Å²) < 4.78 is 9.36. The minimum absolute atomic E-state index is 0.261. The third-order valence-corrected chi connectivity index (χ3v) is 6.17. The average Bonchev–Trinajstić information content (AvgIpc) is 3.49. The Bertz CT molecular complexity index is 1350. The number of pyridine rings is 1. The van der Waals surface area contributed by atoms with Crippen LogP contribution in [0, 0.1) is 10.8 Å². The Balaban J connectivity index is 1.61. The van der Waals surface area contributed by atoms with Crippen molar-refractivity contribution >= 4 is 28.5 Å². The zero-order chi connectivity index (χ0) is 22.2.